The summed E-state index contributed by atoms with van der Waals surface area (Å²) in [6.07, 6.45) is 20.6. The third-order valence-corrected chi connectivity index (χ3v) is 13.5. The van der Waals surface area contributed by atoms with Gasteiger partial charge in [-0.2, -0.15) is 0 Å². The molecule has 2 unspecified atom stereocenters. The lowest BCUT2D eigenvalue weighted by atomic mass is 9.86. The largest absolute Gasteiger partial charge is 0.314 e. The lowest BCUT2D eigenvalue weighted by Gasteiger charge is -2.32. The Bertz CT molecular complexity index is 2880. The van der Waals surface area contributed by atoms with Crippen molar-refractivity contribution >= 4 is 72.9 Å². The van der Waals surface area contributed by atoms with Crippen LogP contribution >= 0.6 is 11.8 Å². The first kappa shape index (κ1) is 29.8. The molecule has 7 aromatic rings. The van der Waals surface area contributed by atoms with Gasteiger partial charge in [0, 0.05) is 55.2 Å². The number of para-hydroxylation sites is 2. The third-order valence-electron chi connectivity index (χ3n) is 12.2. The number of aromatic nitrogens is 1. The minimum absolute atomic E-state index is 0.441. The zero-order chi connectivity index (χ0) is 34.6. The molecule has 1 aliphatic heterocycles. The summed E-state index contributed by atoms with van der Waals surface area (Å²) in [6, 6.07) is 43.6. The van der Waals surface area contributed by atoms with Crippen molar-refractivity contribution in [3.05, 3.63) is 185 Å². The molecule has 1 aromatic heterocycles. The van der Waals surface area contributed by atoms with Gasteiger partial charge in [-0.1, -0.05) is 103 Å². The van der Waals surface area contributed by atoms with Gasteiger partial charge in [0.25, 0.3) is 0 Å². The second-order valence-electron chi connectivity index (χ2n) is 15.0. The van der Waals surface area contributed by atoms with E-state index >= 15 is 0 Å². The van der Waals surface area contributed by atoms with Crippen LogP contribution in [0.15, 0.2) is 162 Å². The van der Waals surface area contributed by atoms with E-state index in [9.17, 15) is 0 Å². The van der Waals surface area contributed by atoms with Gasteiger partial charge in [0.05, 0.1) is 11.0 Å². The van der Waals surface area contributed by atoms with Crippen molar-refractivity contribution in [3.8, 4) is 5.69 Å². The molecule has 4 aliphatic carbocycles. The predicted molar refractivity (Wildman–Crippen MR) is 225 cm³/mol. The topological polar surface area (TPSA) is 8.17 Å². The van der Waals surface area contributed by atoms with E-state index in [0.29, 0.717) is 11.2 Å². The molecule has 12 rings (SSSR count). The van der Waals surface area contributed by atoms with Gasteiger partial charge in [-0.15, -0.1) is 11.8 Å². The molecule has 0 radical (unpaired) electrons. The maximum absolute atomic E-state index is 2.63. The number of fused-ring (bicyclic) bond motifs is 11. The van der Waals surface area contributed by atoms with Gasteiger partial charge in [-0.25, -0.2) is 0 Å². The van der Waals surface area contributed by atoms with E-state index in [2.05, 4.69) is 167 Å². The van der Waals surface area contributed by atoms with Crippen molar-refractivity contribution in [1.82, 2.24) is 4.57 Å². The number of hydrogen-bond acceptors (Lipinski definition) is 2. The van der Waals surface area contributed by atoms with E-state index in [-0.39, 0.29) is 0 Å². The number of hydrogen-bond donors (Lipinski definition) is 0. The van der Waals surface area contributed by atoms with Crippen molar-refractivity contribution in [2.24, 2.45) is 0 Å². The Morgan fingerprint density at radius 3 is 2.51 bits per heavy atom. The van der Waals surface area contributed by atoms with Gasteiger partial charge in [-0.3, -0.25) is 0 Å². The van der Waals surface area contributed by atoms with E-state index < -0.39 is 0 Å². The van der Waals surface area contributed by atoms with Gasteiger partial charge in [0.1, 0.15) is 0 Å². The van der Waals surface area contributed by atoms with E-state index in [4.69, 9.17) is 0 Å². The van der Waals surface area contributed by atoms with Crippen molar-refractivity contribution in [3.63, 3.8) is 0 Å². The highest BCUT2D eigenvalue weighted by Gasteiger charge is 2.36. The molecule has 6 aromatic carbocycles. The zero-order valence-electron chi connectivity index (χ0n) is 29.3. The zero-order valence-corrected chi connectivity index (χ0v) is 30.1. The predicted octanol–water partition coefficient (Wildman–Crippen LogP) is 13.3. The number of benzene rings is 6. The number of thioether (sulfide) groups is 1. The van der Waals surface area contributed by atoms with Gasteiger partial charge >= 0.3 is 0 Å². The first-order chi connectivity index (χ1) is 26.3. The van der Waals surface area contributed by atoms with Crippen molar-refractivity contribution in [2.75, 3.05) is 4.90 Å². The molecule has 252 valence electrons. The second kappa shape index (κ2) is 11.4. The molecule has 0 saturated carbocycles. The average Bonchev–Trinajstić information content (AvgIpc) is 3.87. The van der Waals surface area contributed by atoms with E-state index in [1.807, 2.05) is 11.8 Å². The number of rotatable bonds is 4. The van der Waals surface area contributed by atoms with Crippen molar-refractivity contribution in [2.45, 2.75) is 41.7 Å². The molecule has 2 heterocycles. The van der Waals surface area contributed by atoms with Crippen LogP contribution in [0.3, 0.4) is 0 Å². The highest BCUT2D eigenvalue weighted by Crippen LogP contribution is 2.55. The first-order valence-corrected chi connectivity index (χ1v) is 19.9. The molecule has 0 spiro atoms. The maximum Gasteiger partial charge on any atom is 0.0542 e. The van der Waals surface area contributed by atoms with Crippen LogP contribution in [0.2, 0.25) is 0 Å². The van der Waals surface area contributed by atoms with Crippen LogP contribution in [0.5, 0.6) is 0 Å². The molecule has 2 atom stereocenters. The van der Waals surface area contributed by atoms with Crippen LogP contribution in [0.4, 0.5) is 11.4 Å². The minimum atomic E-state index is 0.441. The fraction of sp³-hybridized carbons (Fsp3) is 0.120. The monoisotopic (exact) mass is 696 g/mol. The molecule has 0 bridgehead atoms. The van der Waals surface area contributed by atoms with E-state index in [0.717, 1.165) is 25.7 Å². The number of allylic oxidation sites excluding steroid dienone is 8. The Morgan fingerprint density at radius 2 is 1.55 bits per heavy atom. The number of nitrogens with zero attached hydrogens (tertiary/aromatic N) is 2. The van der Waals surface area contributed by atoms with Crippen LogP contribution in [0, 0.1) is 0 Å². The van der Waals surface area contributed by atoms with Crippen LogP contribution < -0.4 is 4.90 Å². The summed E-state index contributed by atoms with van der Waals surface area (Å²) < 4.78 is 2.42. The molecule has 53 heavy (non-hydrogen) atoms. The summed E-state index contributed by atoms with van der Waals surface area (Å²) in [4.78, 5) is 4.03. The Morgan fingerprint density at radius 1 is 0.698 bits per heavy atom. The Hall–Kier alpha value is -5.77. The summed E-state index contributed by atoms with van der Waals surface area (Å²) in [5.41, 5.74) is 17.6. The smallest absolute Gasteiger partial charge is 0.0542 e. The molecule has 0 N–H and O–H groups in total. The normalized spacial score (nSPS) is 19.1. The first-order valence-electron chi connectivity index (χ1n) is 19.0. The third kappa shape index (κ3) is 4.29. The second-order valence-corrected chi connectivity index (χ2v) is 16.2. The average molecular weight is 697 g/mol. The molecular formula is C50H36N2S. The molecule has 3 heteroatoms. The standard InChI is InChI=1S/C50H36N2S/c1-2-14-33(15-3-1)52-43-21-8-6-17-37(43)42-29-34(25-27-44(42)52)51(35-24-26-39-38-18-7-9-23-46(38)53-47(39)30-35)45-22-11-20-41-49(45)40-19-10-13-32-28-31-12-4-5-16-36(31)50(41)48(32)40/h1-4,6-10,12-15,17-21,23-30,38,46H,5,11,16,22H2. The summed E-state index contributed by atoms with van der Waals surface area (Å²) >= 11 is 2.02. The van der Waals surface area contributed by atoms with Gasteiger partial charge < -0.3 is 9.47 Å². The highest BCUT2D eigenvalue weighted by molar-refractivity contribution is 8.00. The van der Waals surface area contributed by atoms with E-state index in [1.54, 1.807) is 0 Å². The fourth-order valence-corrected chi connectivity index (χ4v) is 11.3. The number of anilines is 2. The highest BCUT2D eigenvalue weighted by atomic mass is 32.2. The molecular weight excluding hydrogens is 661 g/mol. The van der Waals surface area contributed by atoms with Gasteiger partial charge in [-0.05, 0) is 124 Å². The van der Waals surface area contributed by atoms with Crippen LogP contribution in [0.25, 0.3) is 55.5 Å². The summed E-state index contributed by atoms with van der Waals surface area (Å²) in [5.74, 6) is 0.441. The van der Waals surface area contributed by atoms with Crippen LogP contribution in [-0.2, 0) is 6.42 Å². The minimum Gasteiger partial charge on any atom is -0.314 e. The van der Waals surface area contributed by atoms with Crippen molar-refractivity contribution < 1.29 is 0 Å². The van der Waals surface area contributed by atoms with Crippen LogP contribution in [0.1, 0.15) is 53.0 Å². The molecule has 0 fully saturated rings. The summed E-state index contributed by atoms with van der Waals surface area (Å²) in [7, 11) is 0. The maximum atomic E-state index is 2.63. The van der Waals surface area contributed by atoms with Crippen LogP contribution in [-0.4, -0.2) is 9.82 Å². The lowest BCUT2D eigenvalue weighted by molar-refractivity contribution is 0.879. The molecule has 2 nitrogen and oxygen atoms in total. The SMILES string of the molecule is C1=CC2Sc3cc(N(C4=C5C(=CCC4)c4c6c(cc7cccc5c47)C=CCC6)c4ccc5c(c4)c4ccccc4n5-c4ccccc4)ccc3C2C=C1. The summed E-state index contributed by atoms with van der Waals surface area (Å²) in [5, 5.41) is 5.81. The van der Waals surface area contributed by atoms with Crippen molar-refractivity contribution in [1.29, 1.82) is 0 Å². The van der Waals surface area contributed by atoms with Gasteiger partial charge in [0.2, 0.25) is 0 Å². The summed E-state index contributed by atoms with van der Waals surface area (Å²) in [6.45, 7) is 0. The molecule has 0 saturated heterocycles. The Kier molecular flexibility index (Phi) is 6.38. The quantitative estimate of drug-likeness (QED) is 0.181. The lowest BCUT2D eigenvalue weighted by Crippen LogP contribution is -2.20. The molecule has 5 aliphatic rings. The van der Waals surface area contributed by atoms with E-state index in [1.165, 1.54) is 99.2 Å². The van der Waals surface area contributed by atoms with Gasteiger partial charge in [0.15, 0.2) is 0 Å². The molecule has 0 amide bonds. The Balaban J connectivity index is 1.12. The Labute approximate surface area is 313 Å². The fourth-order valence-electron chi connectivity index (χ4n) is 9.95.